The Bertz CT molecular complexity index is 408. The number of aromatic nitrogens is 2. The minimum atomic E-state index is 0.273. The van der Waals surface area contributed by atoms with Crippen LogP contribution < -0.4 is 10.1 Å². The number of likely N-dealkylation sites (tertiary alicyclic amines) is 1. The molecule has 106 valence electrons. The molecule has 6 heteroatoms. The summed E-state index contributed by atoms with van der Waals surface area (Å²) in [5, 5.41) is 3.97. The van der Waals surface area contributed by atoms with E-state index in [1.807, 2.05) is 12.3 Å². The molecule has 0 amide bonds. The van der Waals surface area contributed by atoms with Crippen molar-refractivity contribution in [3.8, 4) is 5.88 Å². The third-order valence-electron chi connectivity index (χ3n) is 3.18. The van der Waals surface area contributed by atoms with Crippen LogP contribution in [-0.4, -0.2) is 53.9 Å². The molecule has 1 fully saturated rings. The highest BCUT2D eigenvalue weighted by molar-refractivity contribution is 7.98. The first kappa shape index (κ1) is 14.4. The average molecular weight is 282 g/mol. The maximum absolute atomic E-state index is 6.00. The van der Waals surface area contributed by atoms with Gasteiger partial charge in [0.1, 0.15) is 11.9 Å². The topological polar surface area (TPSA) is 50.3 Å². The van der Waals surface area contributed by atoms with Crippen molar-refractivity contribution in [3.05, 3.63) is 6.07 Å². The molecule has 0 aromatic carbocycles. The number of nitrogens with zero attached hydrogens (tertiary/aromatic N) is 3. The minimum Gasteiger partial charge on any atom is -0.474 e. The second-order valence-corrected chi connectivity index (χ2v) is 5.50. The van der Waals surface area contributed by atoms with Crippen molar-refractivity contribution in [1.29, 1.82) is 0 Å². The second kappa shape index (κ2) is 6.96. The summed E-state index contributed by atoms with van der Waals surface area (Å²) in [6, 6.07) is 1.89. The quantitative estimate of drug-likeness (QED) is 0.659. The zero-order valence-corrected chi connectivity index (χ0v) is 12.7. The molecule has 0 unspecified atom stereocenters. The van der Waals surface area contributed by atoms with Gasteiger partial charge in [-0.05, 0) is 33.1 Å². The van der Waals surface area contributed by atoms with Gasteiger partial charge in [-0.3, -0.25) is 0 Å². The van der Waals surface area contributed by atoms with Gasteiger partial charge in [0.2, 0.25) is 5.88 Å². The molecule has 19 heavy (non-hydrogen) atoms. The van der Waals surface area contributed by atoms with Gasteiger partial charge < -0.3 is 15.0 Å². The van der Waals surface area contributed by atoms with Gasteiger partial charge in [0.25, 0.3) is 0 Å². The first-order valence-electron chi connectivity index (χ1n) is 6.73. The van der Waals surface area contributed by atoms with Crippen molar-refractivity contribution in [2.24, 2.45) is 0 Å². The third kappa shape index (κ3) is 4.24. The molecule has 0 saturated carbocycles. The van der Waals surface area contributed by atoms with Crippen molar-refractivity contribution < 1.29 is 4.74 Å². The summed E-state index contributed by atoms with van der Waals surface area (Å²) in [7, 11) is 2.15. The number of anilines is 1. The number of hydrogen-bond donors (Lipinski definition) is 1. The Labute approximate surface area is 119 Å². The zero-order chi connectivity index (χ0) is 13.7. The monoisotopic (exact) mass is 282 g/mol. The van der Waals surface area contributed by atoms with E-state index in [0.717, 1.165) is 43.5 Å². The summed E-state index contributed by atoms with van der Waals surface area (Å²) in [4.78, 5) is 11.2. The van der Waals surface area contributed by atoms with Crippen LogP contribution in [0, 0.1) is 0 Å². The van der Waals surface area contributed by atoms with Crippen molar-refractivity contribution >= 4 is 17.6 Å². The van der Waals surface area contributed by atoms with Crippen LogP contribution in [0.15, 0.2) is 11.2 Å². The van der Waals surface area contributed by atoms with Crippen LogP contribution >= 0.6 is 11.8 Å². The molecule has 1 aliphatic heterocycles. The van der Waals surface area contributed by atoms with Crippen molar-refractivity contribution in [2.45, 2.75) is 31.0 Å². The summed E-state index contributed by atoms with van der Waals surface area (Å²) in [6.07, 6.45) is 4.37. The molecule has 1 aromatic heterocycles. The summed E-state index contributed by atoms with van der Waals surface area (Å²) < 4.78 is 6.00. The number of thioether (sulfide) groups is 1. The van der Waals surface area contributed by atoms with Gasteiger partial charge in [0, 0.05) is 25.7 Å². The fourth-order valence-electron chi connectivity index (χ4n) is 2.10. The highest BCUT2D eigenvalue weighted by Gasteiger charge is 2.19. The molecule has 1 aromatic rings. The number of nitrogens with one attached hydrogen (secondary N) is 1. The fourth-order valence-corrected chi connectivity index (χ4v) is 2.47. The van der Waals surface area contributed by atoms with Crippen LogP contribution in [0.3, 0.4) is 0 Å². The predicted octanol–water partition coefficient (Wildman–Crippen LogP) is 2.10. The molecule has 0 radical (unpaired) electrons. The molecule has 1 N–H and O–H groups in total. The lowest BCUT2D eigenvalue weighted by Gasteiger charge is -2.29. The maximum Gasteiger partial charge on any atom is 0.219 e. The minimum absolute atomic E-state index is 0.273. The van der Waals surface area contributed by atoms with Crippen LogP contribution in [0.2, 0.25) is 0 Å². The molecule has 0 atom stereocenters. The lowest BCUT2D eigenvalue weighted by atomic mass is 10.1. The van der Waals surface area contributed by atoms with Gasteiger partial charge in [-0.2, -0.15) is 4.98 Å². The largest absolute Gasteiger partial charge is 0.474 e. The van der Waals surface area contributed by atoms with Crippen molar-refractivity contribution in [2.75, 3.05) is 38.3 Å². The van der Waals surface area contributed by atoms with Gasteiger partial charge in [-0.15, -0.1) is 0 Å². The Morgan fingerprint density at radius 1 is 1.42 bits per heavy atom. The molecule has 5 nitrogen and oxygen atoms in total. The smallest absolute Gasteiger partial charge is 0.219 e. The number of hydrogen-bond acceptors (Lipinski definition) is 6. The Hall–Kier alpha value is -1.01. The lowest BCUT2D eigenvalue weighted by molar-refractivity contribution is 0.109. The van der Waals surface area contributed by atoms with E-state index in [1.165, 1.54) is 11.8 Å². The molecule has 1 aliphatic rings. The molecule has 0 bridgehead atoms. The van der Waals surface area contributed by atoms with E-state index < -0.39 is 0 Å². The van der Waals surface area contributed by atoms with E-state index >= 15 is 0 Å². The van der Waals surface area contributed by atoms with E-state index in [2.05, 4.69) is 34.2 Å². The number of rotatable bonds is 5. The predicted molar refractivity (Wildman–Crippen MR) is 79.1 cm³/mol. The van der Waals surface area contributed by atoms with Gasteiger partial charge in [0.05, 0.1) is 0 Å². The molecule has 0 aliphatic carbocycles. The Kier molecular flexibility index (Phi) is 5.27. The Morgan fingerprint density at radius 3 is 2.79 bits per heavy atom. The van der Waals surface area contributed by atoms with Crippen LogP contribution in [0.1, 0.15) is 19.8 Å². The van der Waals surface area contributed by atoms with Crippen molar-refractivity contribution in [1.82, 2.24) is 14.9 Å². The van der Waals surface area contributed by atoms with Gasteiger partial charge >= 0.3 is 0 Å². The molecule has 1 saturated heterocycles. The molecular weight excluding hydrogens is 260 g/mol. The first-order chi connectivity index (χ1) is 9.21. The van der Waals surface area contributed by atoms with Crippen LogP contribution in [0.5, 0.6) is 5.88 Å². The van der Waals surface area contributed by atoms with E-state index in [4.69, 9.17) is 4.74 Å². The third-order valence-corrected chi connectivity index (χ3v) is 3.72. The Morgan fingerprint density at radius 2 is 2.16 bits per heavy atom. The lowest BCUT2D eigenvalue weighted by Crippen LogP contribution is -2.35. The zero-order valence-electron chi connectivity index (χ0n) is 11.8. The Balaban J connectivity index is 2.04. The van der Waals surface area contributed by atoms with E-state index in [0.29, 0.717) is 5.88 Å². The summed E-state index contributed by atoms with van der Waals surface area (Å²) in [5.41, 5.74) is 0. The fraction of sp³-hybridized carbons (Fsp3) is 0.692. The summed E-state index contributed by atoms with van der Waals surface area (Å²) in [6.45, 7) is 5.08. The molecule has 0 spiro atoms. The standard InChI is InChI=1S/C13H22N4OS/c1-4-14-11-9-12(16-13(15-11)19-3)18-10-5-7-17(2)8-6-10/h9-10H,4-8H2,1-3H3,(H,14,15,16). The maximum atomic E-state index is 6.00. The van der Waals surface area contributed by atoms with Crippen molar-refractivity contribution in [3.63, 3.8) is 0 Å². The van der Waals surface area contributed by atoms with Crippen LogP contribution in [0.25, 0.3) is 0 Å². The normalized spacial score (nSPS) is 17.4. The highest BCUT2D eigenvalue weighted by Crippen LogP contribution is 2.22. The second-order valence-electron chi connectivity index (χ2n) is 4.73. The van der Waals surface area contributed by atoms with Gasteiger partial charge in [0.15, 0.2) is 5.16 Å². The first-order valence-corrected chi connectivity index (χ1v) is 7.96. The number of ether oxygens (including phenoxy) is 1. The van der Waals surface area contributed by atoms with Crippen LogP contribution in [-0.2, 0) is 0 Å². The summed E-state index contributed by atoms with van der Waals surface area (Å²) >= 11 is 1.53. The molecular formula is C13H22N4OS. The van der Waals surface area contributed by atoms with E-state index in [1.54, 1.807) is 0 Å². The number of piperidine rings is 1. The van der Waals surface area contributed by atoms with Crippen LogP contribution in [0.4, 0.5) is 5.82 Å². The molecule has 2 rings (SSSR count). The van der Waals surface area contributed by atoms with Gasteiger partial charge in [-0.25, -0.2) is 4.98 Å². The van der Waals surface area contributed by atoms with Gasteiger partial charge in [-0.1, -0.05) is 11.8 Å². The molecule has 2 heterocycles. The van der Waals surface area contributed by atoms with E-state index in [-0.39, 0.29) is 6.10 Å². The van der Waals surface area contributed by atoms with E-state index in [9.17, 15) is 0 Å². The highest BCUT2D eigenvalue weighted by atomic mass is 32.2. The summed E-state index contributed by atoms with van der Waals surface area (Å²) in [5.74, 6) is 1.52. The SMILES string of the molecule is CCNc1cc(OC2CCN(C)CC2)nc(SC)n1. The average Bonchev–Trinajstić information content (AvgIpc) is 2.41.